The van der Waals surface area contributed by atoms with Crippen molar-refractivity contribution in [3.8, 4) is 0 Å². The molecule has 0 spiro atoms. The summed E-state index contributed by atoms with van der Waals surface area (Å²) in [7, 11) is 0. The molecule has 3 unspecified atom stereocenters. The van der Waals surface area contributed by atoms with E-state index in [1.165, 1.54) is 19.3 Å². The van der Waals surface area contributed by atoms with E-state index in [9.17, 15) is 0 Å². The van der Waals surface area contributed by atoms with Crippen molar-refractivity contribution in [1.82, 2.24) is 0 Å². The Morgan fingerprint density at radius 2 is 2.27 bits per heavy atom. The highest BCUT2D eigenvalue weighted by Crippen LogP contribution is 2.56. The topological polar surface area (TPSA) is 12.5 Å². The molecule has 0 aromatic heterocycles. The van der Waals surface area contributed by atoms with Crippen LogP contribution in [0, 0.1) is 11.3 Å². The first-order chi connectivity index (χ1) is 5.27. The normalized spacial score (nSPS) is 47.5. The summed E-state index contributed by atoms with van der Waals surface area (Å²) in [5.74, 6) is 1.71. The maximum atomic E-state index is 5.91. The van der Waals surface area contributed by atoms with Crippen LogP contribution in [0.1, 0.15) is 26.2 Å². The Balaban J connectivity index is 1.74. The SMILES string of the molecule is CC1CC1(CCl)CCC1CO1. The molecule has 0 aromatic rings. The lowest BCUT2D eigenvalue weighted by Gasteiger charge is -2.10. The monoisotopic (exact) mass is 174 g/mol. The highest BCUT2D eigenvalue weighted by molar-refractivity contribution is 6.18. The summed E-state index contributed by atoms with van der Waals surface area (Å²) >= 11 is 5.91. The van der Waals surface area contributed by atoms with Crippen molar-refractivity contribution >= 4 is 11.6 Å². The second-order valence-corrected chi connectivity index (χ2v) is 4.36. The zero-order valence-electron chi connectivity index (χ0n) is 6.98. The minimum absolute atomic E-state index is 0.507. The summed E-state index contributed by atoms with van der Waals surface area (Å²) in [5.41, 5.74) is 0.507. The molecule has 11 heavy (non-hydrogen) atoms. The van der Waals surface area contributed by atoms with Gasteiger partial charge in [-0.3, -0.25) is 0 Å². The van der Waals surface area contributed by atoms with Crippen molar-refractivity contribution in [3.63, 3.8) is 0 Å². The van der Waals surface area contributed by atoms with Crippen molar-refractivity contribution in [2.45, 2.75) is 32.3 Å². The van der Waals surface area contributed by atoms with Gasteiger partial charge in [0.05, 0.1) is 12.7 Å². The number of hydrogen-bond donors (Lipinski definition) is 0. The molecule has 2 fully saturated rings. The average molecular weight is 175 g/mol. The van der Waals surface area contributed by atoms with E-state index in [-0.39, 0.29) is 0 Å². The van der Waals surface area contributed by atoms with Crippen molar-refractivity contribution in [1.29, 1.82) is 0 Å². The van der Waals surface area contributed by atoms with E-state index in [1.54, 1.807) is 0 Å². The summed E-state index contributed by atoms with van der Waals surface area (Å²) in [6.45, 7) is 3.29. The summed E-state index contributed by atoms with van der Waals surface area (Å²) in [4.78, 5) is 0. The molecule has 2 rings (SSSR count). The fourth-order valence-corrected chi connectivity index (χ4v) is 2.34. The Bertz CT molecular complexity index is 152. The molecular weight excluding hydrogens is 160 g/mol. The third-order valence-corrected chi connectivity index (χ3v) is 3.76. The molecule has 0 bridgehead atoms. The molecule has 1 aliphatic heterocycles. The molecule has 1 aliphatic carbocycles. The summed E-state index contributed by atoms with van der Waals surface area (Å²) in [5, 5.41) is 0. The Morgan fingerprint density at radius 3 is 2.64 bits per heavy atom. The van der Waals surface area contributed by atoms with E-state index < -0.39 is 0 Å². The Morgan fingerprint density at radius 1 is 1.64 bits per heavy atom. The summed E-state index contributed by atoms with van der Waals surface area (Å²) < 4.78 is 5.17. The van der Waals surface area contributed by atoms with Crippen LogP contribution in [0.15, 0.2) is 0 Å². The van der Waals surface area contributed by atoms with Gasteiger partial charge in [0, 0.05) is 5.88 Å². The van der Waals surface area contributed by atoms with Crippen molar-refractivity contribution in [2.75, 3.05) is 12.5 Å². The standard InChI is InChI=1S/C9H15ClO/c1-7-4-9(7,6-10)3-2-8-5-11-8/h7-8H,2-6H2,1H3. The lowest BCUT2D eigenvalue weighted by Crippen LogP contribution is -2.06. The first kappa shape index (κ1) is 7.88. The van der Waals surface area contributed by atoms with Crippen LogP contribution < -0.4 is 0 Å². The second kappa shape index (κ2) is 2.63. The van der Waals surface area contributed by atoms with Gasteiger partial charge in [0.2, 0.25) is 0 Å². The first-order valence-corrected chi connectivity index (χ1v) is 4.98. The molecule has 64 valence electrons. The number of alkyl halides is 1. The Hall–Kier alpha value is 0.250. The van der Waals surface area contributed by atoms with Crippen LogP contribution in [-0.4, -0.2) is 18.6 Å². The van der Waals surface area contributed by atoms with Crippen LogP contribution in [0.3, 0.4) is 0 Å². The van der Waals surface area contributed by atoms with Gasteiger partial charge in [-0.1, -0.05) is 6.92 Å². The third-order valence-electron chi connectivity index (χ3n) is 3.23. The van der Waals surface area contributed by atoms with Gasteiger partial charge in [-0.15, -0.1) is 11.6 Å². The Kier molecular flexibility index (Phi) is 1.89. The number of ether oxygens (including phenoxy) is 1. The summed E-state index contributed by atoms with van der Waals surface area (Å²) in [6.07, 6.45) is 4.44. The van der Waals surface area contributed by atoms with Gasteiger partial charge in [0.25, 0.3) is 0 Å². The molecule has 1 saturated heterocycles. The van der Waals surface area contributed by atoms with Crippen LogP contribution >= 0.6 is 11.6 Å². The first-order valence-electron chi connectivity index (χ1n) is 4.44. The lowest BCUT2D eigenvalue weighted by molar-refractivity contribution is 0.361. The van der Waals surface area contributed by atoms with Crippen LogP contribution in [-0.2, 0) is 4.74 Å². The maximum absolute atomic E-state index is 5.91. The number of rotatable bonds is 4. The van der Waals surface area contributed by atoms with Gasteiger partial charge in [0.1, 0.15) is 0 Å². The Labute approximate surface area is 73.1 Å². The second-order valence-electron chi connectivity index (χ2n) is 4.10. The van der Waals surface area contributed by atoms with E-state index in [0.717, 1.165) is 18.4 Å². The molecule has 2 heteroatoms. The van der Waals surface area contributed by atoms with Gasteiger partial charge >= 0.3 is 0 Å². The van der Waals surface area contributed by atoms with Gasteiger partial charge in [0.15, 0.2) is 0 Å². The molecule has 0 radical (unpaired) electrons. The zero-order valence-corrected chi connectivity index (χ0v) is 7.73. The van der Waals surface area contributed by atoms with Gasteiger partial charge < -0.3 is 4.74 Å². The zero-order chi connectivity index (χ0) is 7.90. The molecule has 0 amide bonds. The fraction of sp³-hybridized carbons (Fsp3) is 1.00. The fourth-order valence-electron chi connectivity index (χ4n) is 1.84. The van der Waals surface area contributed by atoms with Gasteiger partial charge in [-0.2, -0.15) is 0 Å². The lowest BCUT2D eigenvalue weighted by atomic mass is 9.99. The van der Waals surface area contributed by atoms with E-state index in [1.807, 2.05) is 0 Å². The average Bonchev–Trinajstić information content (AvgIpc) is 2.83. The molecule has 3 atom stereocenters. The largest absolute Gasteiger partial charge is 0.373 e. The predicted octanol–water partition coefficient (Wildman–Crippen LogP) is 2.43. The van der Waals surface area contributed by atoms with Crippen LogP contribution in [0.5, 0.6) is 0 Å². The predicted molar refractivity (Wildman–Crippen MR) is 45.9 cm³/mol. The van der Waals surface area contributed by atoms with Crippen LogP contribution in [0.4, 0.5) is 0 Å². The van der Waals surface area contributed by atoms with Gasteiger partial charge in [-0.05, 0) is 30.6 Å². The van der Waals surface area contributed by atoms with E-state index >= 15 is 0 Å². The van der Waals surface area contributed by atoms with E-state index in [0.29, 0.717) is 11.5 Å². The third kappa shape index (κ3) is 1.54. The summed E-state index contributed by atoms with van der Waals surface area (Å²) in [6, 6.07) is 0. The molecule has 1 saturated carbocycles. The molecule has 1 nitrogen and oxygen atoms in total. The minimum atomic E-state index is 0.507. The molecule has 1 heterocycles. The quantitative estimate of drug-likeness (QED) is 0.471. The van der Waals surface area contributed by atoms with E-state index in [4.69, 9.17) is 16.3 Å². The minimum Gasteiger partial charge on any atom is -0.373 e. The van der Waals surface area contributed by atoms with Crippen LogP contribution in [0.2, 0.25) is 0 Å². The van der Waals surface area contributed by atoms with Crippen molar-refractivity contribution in [2.24, 2.45) is 11.3 Å². The van der Waals surface area contributed by atoms with Crippen molar-refractivity contribution < 1.29 is 4.74 Å². The number of hydrogen-bond acceptors (Lipinski definition) is 1. The molecule has 2 aliphatic rings. The number of epoxide rings is 1. The van der Waals surface area contributed by atoms with E-state index in [2.05, 4.69) is 6.92 Å². The highest BCUT2D eigenvalue weighted by Gasteiger charge is 2.50. The van der Waals surface area contributed by atoms with Gasteiger partial charge in [-0.25, -0.2) is 0 Å². The highest BCUT2D eigenvalue weighted by atomic mass is 35.5. The smallest absolute Gasteiger partial charge is 0.0810 e. The number of halogens is 1. The molecular formula is C9H15ClO. The van der Waals surface area contributed by atoms with Crippen LogP contribution in [0.25, 0.3) is 0 Å². The maximum Gasteiger partial charge on any atom is 0.0810 e. The van der Waals surface area contributed by atoms with Crippen molar-refractivity contribution in [3.05, 3.63) is 0 Å². The molecule has 0 N–H and O–H groups in total. The molecule has 0 aromatic carbocycles.